The Bertz CT molecular complexity index is 321. The summed E-state index contributed by atoms with van der Waals surface area (Å²) in [5.74, 6) is 0.914. The maximum atomic E-state index is 5.15. The summed E-state index contributed by atoms with van der Waals surface area (Å²) in [4.78, 5) is 0. The van der Waals surface area contributed by atoms with Gasteiger partial charge in [0, 0.05) is 0 Å². The first-order valence-corrected chi connectivity index (χ1v) is 8.83. The van der Waals surface area contributed by atoms with Crippen molar-refractivity contribution in [3.63, 3.8) is 0 Å². The molecule has 0 heterocycles. The number of hydrogen-bond donors (Lipinski definition) is 0. The van der Waals surface area contributed by atoms with Crippen molar-refractivity contribution in [1.82, 2.24) is 0 Å². The first kappa shape index (κ1) is 12.0. The van der Waals surface area contributed by atoms with Crippen molar-refractivity contribution in [2.45, 2.75) is 25.2 Å². The van der Waals surface area contributed by atoms with Crippen molar-refractivity contribution in [3.05, 3.63) is 42.5 Å². The molecule has 0 bridgehead atoms. The van der Waals surface area contributed by atoms with Crippen molar-refractivity contribution in [3.8, 4) is 5.75 Å². The highest BCUT2D eigenvalue weighted by molar-refractivity contribution is 6.77. The highest BCUT2D eigenvalue weighted by atomic mass is 28.3. The molecule has 1 aromatic rings. The Kier molecular flexibility index (Phi) is 3.75. The van der Waals surface area contributed by atoms with Gasteiger partial charge in [0.25, 0.3) is 0 Å². The lowest BCUT2D eigenvalue weighted by Gasteiger charge is -2.26. The molecule has 1 rings (SSSR count). The molecule has 0 aliphatic carbocycles. The van der Waals surface area contributed by atoms with Crippen molar-refractivity contribution in [1.29, 1.82) is 0 Å². The van der Waals surface area contributed by atoms with Crippen LogP contribution in [0.25, 0.3) is 0 Å². The van der Waals surface area contributed by atoms with Crippen molar-refractivity contribution < 1.29 is 4.74 Å². The zero-order chi connectivity index (χ0) is 11.5. The molecule has 0 fully saturated rings. The summed E-state index contributed by atoms with van der Waals surface area (Å²) in [6.45, 7) is 11.0. The molecule has 1 unspecified atom stereocenters. The van der Waals surface area contributed by atoms with Gasteiger partial charge in [0.05, 0.1) is 15.2 Å². The molecule has 0 aliphatic heterocycles. The van der Waals surface area contributed by atoms with Crippen LogP contribution in [0, 0.1) is 0 Å². The van der Waals surface area contributed by atoms with Gasteiger partial charge in [-0.25, -0.2) is 0 Å². The van der Waals surface area contributed by atoms with E-state index in [0.29, 0.717) is 5.54 Å². The average molecular weight is 220 g/mol. The van der Waals surface area contributed by atoms with Crippen LogP contribution in [-0.2, 0) is 0 Å². The normalized spacial score (nSPS) is 13.3. The van der Waals surface area contributed by atoms with Gasteiger partial charge in [-0.1, -0.05) is 37.8 Å². The summed E-state index contributed by atoms with van der Waals surface area (Å²) in [5.41, 5.74) is 1.87. The van der Waals surface area contributed by atoms with E-state index < -0.39 is 8.07 Å². The van der Waals surface area contributed by atoms with Gasteiger partial charge in [-0.2, -0.15) is 0 Å². The largest absolute Gasteiger partial charge is 0.497 e. The number of allylic oxidation sites excluding steroid dienone is 1. The Morgan fingerprint density at radius 3 is 2.07 bits per heavy atom. The topological polar surface area (TPSA) is 9.23 Å². The number of ether oxygens (including phenoxy) is 1. The quantitative estimate of drug-likeness (QED) is 0.553. The highest BCUT2D eigenvalue weighted by Crippen LogP contribution is 2.29. The number of methoxy groups -OCH3 is 1. The summed E-state index contributed by atoms with van der Waals surface area (Å²) in [5, 5.41) is 0. The number of rotatable bonds is 4. The fourth-order valence-corrected chi connectivity index (χ4v) is 3.70. The van der Waals surface area contributed by atoms with E-state index in [9.17, 15) is 0 Å². The Hall–Kier alpha value is -1.02. The molecule has 1 aromatic carbocycles. The molecule has 0 radical (unpaired) electrons. The Morgan fingerprint density at radius 1 is 1.20 bits per heavy atom. The number of hydrogen-bond acceptors (Lipinski definition) is 1. The van der Waals surface area contributed by atoms with Crippen LogP contribution in [0.15, 0.2) is 36.9 Å². The van der Waals surface area contributed by atoms with Crippen LogP contribution in [-0.4, -0.2) is 15.2 Å². The zero-order valence-corrected chi connectivity index (χ0v) is 11.1. The lowest BCUT2D eigenvalue weighted by molar-refractivity contribution is 0.414. The lowest BCUT2D eigenvalue weighted by Crippen LogP contribution is -2.29. The molecule has 1 nitrogen and oxygen atoms in total. The smallest absolute Gasteiger partial charge is 0.118 e. The predicted molar refractivity (Wildman–Crippen MR) is 69.3 cm³/mol. The molecule has 1 atom stereocenters. The second-order valence-corrected chi connectivity index (χ2v) is 10.2. The molecule has 0 saturated carbocycles. The van der Waals surface area contributed by atoms with Crippen LogP contribution in [0.1, 0.15) is 11.1 Å². The predicted octanol–water partition coefficient (Wildman–Crippen LogP) is 3.84. The molecule has 0 N–H and O–H groups in total. The van der Waals surface area contributed by atoms with Gasteiger partial charge in [0.15, 0.2) is 0 Å². The maximum absolute atomic E-state index is 5.15. The molecule has 0 aromatic heterocycles. The van der Waals surface area contributed by atoms with Gasteiger partial charge < -0.3 is 4.74 Å². The minimum atomic E-state index is -1.21. The first-order chi connectivity index (χ1) is 6.99. The zero-order valence-electron chi connectivity index (χ0n) is 10.1. The fraction of sp³-hybridized carbons (Fsp3) is 0.385. The number of benzene rings is 1. The van der Waals surface area contributed by atoms with Gasteiger partial charge >= 0.3 is 0 Å². The molecule has 0 aliphatic rings. The van der Waals surface area contributed by atoms with E-state index in [-0.39, 0.29) is 0 Å². The Labute approximate surface area is 93.8 Å². The highest BCUT2D eigenvalue weighted by Gasteiger charge is 2.25. The van der Waals surface area contributed by atoms with Crippen LogP contribution < -0.4 is 4.74 Å². The second kappa shape index (κ2) is 4.66. The van der Waals surface area contributed by atoms with Crippen LogP contribution in [0.5, 0.6) is 5.75 Å². The average Bonchev–Trinajstić information content (AvgIpc) is 2.18. The van der Waals surface area contributed by atoms with E-state index >= 15 is 0 Å². The standard InChI is InChI=1S/C13H20OSi/c1-6-13(15(3,4)5)11-7-9-12(14-2)10-8-11/h6-10,13H,1H2,2-5H3. The minimum Gasteiger partial charge on any atom is -0.497 e. The molecule has 2 heteroatoms. The maximum Gasteiger partial charge on any atom is 0.118 e. The van der Waals surface area contributed by atoms with E-state index in [4.69, 9.17) is 4.74 Å². The van der Waals surface area contributed by atoms with Gasteiger partial charge in [0.2, 0.25) is 0 Å². The second-order valence-electron chi connectivity index (χ2n) is 4.85. The summed E-state index contributed by atoms with van der Waals surface area (Å²) in [6, 6.07) is 8.32. The first-order valence-electron chi connectivity index (χ1n) is 5.25. The Balaban J connectivity index is 2.98. The third-order valence-corrected chi connectivity index (χ3v) is 5.08. The summed E-state index contributed by atoms with van der Waals surface area (Å²) in [7, 11) is 0.479. The molecule has 0 amide bonds. The van der Waals surface area contributed by atoms with E-state index in [1.807, 2.05) is 12.1 Å². The van der Waals surface area contributed by atoms with Crippen molar-refractivity contribution in [2.75, 3.05) is 7.11 Å². The van der Waals surface area contributed by atoms with Gasteiger partial charge in [-0.3, -0.25) is 0 Å². The lowest BCUT2D eigenvalue weighted by atomic mass is 10.1. The Morgan fingerprint density at radius 2 is 1.73 bits per heavy atom. The van der Waals surface area contributed by atoms with E-state index in [0.717, 1.165) is 5.75 Å². The third kappa shape index (κ3) is 2.96. The van der Waals surface area contributed by atoms with Crippen molar-refractivity contribution >= 4 is 8.07 Å². The summed E-state index contributed by atoms with van der Waals surface area (Å²) < 4.78 is 5.15. The molecule has 82 valence electrons. The van der Waals surface area contributed by atoms with Crippen LogP contribution in [0.3, 0.4) is 0 Å². The van der Waals surface area contributed by atoms with Crippen LogP contribution in [0.4, 0.5) is 0 Å². The van der Waals surface area contributed by atoms with Gasteiger partial charge in [-0.15, -0.1) is 6.58 Å². The third-order valence-electron chi connectivity index (χ3n) is 2.64. The van der Waals surface area contributed by atoms with E-state index in [2.05, 4.69) is 44.4 Å². The van der Waals surface area contributed by atoms with Crippen LogP contribution >= 0.6 is 0 Å². The van der Waals surface area contributed by atoms with Crippen LogP contribution in [0.2, 0.25) is 19.6 Å². The monoisotopic (exact) mass is 220 g/mol. The fourth-order valence-electron chi connectivity index (χ4n) is 1.80. The molecule has 0 saturated heterocycles. The molecular weight excluding hydrogens is 200 g/mol. The SMILES string of the molecule is C=CC(c1ccc(OC)cc1)[Si](C)(C)C. The van der Waals surface area contributed by atoms with E-state index in [1.54, 1.807) is 7.11 Å². The van der Waals surface area contributed by atoms with E-state index in [1.165, 1.54) is 5.56 Å². The summed E-state index contributed by atoms with van der Waals surface area (Å²) >= 11 is 0. The molecule has 0 spiro atoms. The van der Waals surface area contributed by atoms with Gasteiger partial charge in [-0.05, 0) is 23.2 Å². The molecule has 15 heavy (non-hydrogen) atoms. The minimum absolute atomic E-state index is 0.517. The van der Waals surface area contributed by atoms with Gasteiger partial charge in [0.1, 0.15) is 5.75 Å². The molecular formula is C13H20OSi. The summed E-state index contributed by atoms with van der Waals surface area (Å²) in [6.07, 6.45) is 2.08. The van der Waals surface area contributed by atoms with Crippen molar-refractivity contribution in [2.24, 2.45) is 0 Å².